The van der Waals surface area contributed by atoms with E-state index in [0.717, 1.165) is 11.1 Å². The maximum atomic E-state index is 12.3. The van der Waals surface area contributed by atoms with Gasteiger partial charge in [-0.3, -0.25) is 4.79 Å². The van der Waals surface area contributed by atoms with Crippen LogP contribution in [0.25, 0.3) is 0 Å². The summed E-state index contributed by atoms with van der Waals surface area (Å²) >= 11 is 0. The van der Waals surface area contributed by atoms with Crippen LogP contribution in [0.1, 0.15) is 28.4 Å². The van der Waals surface area contributed by atoms with Gasteiger partial charge >= 0.3 is 5.97 Å². The summed E-state index contributed by atoms with van der Waals surface area (Å²) < 4.78 is 31.7. The van der Waals surface area contributed by atoms with E-state index in [1.807, 2.05) is 13.8 Å². The van der Waals surface area contributed by atoms with Crippen molar-refractivity contribution in [1.29, 1.82) is 0 Å². The summed E-state index contributed by atoms with van der Waals surface area (Å²) in [4.78, 5) is 23.7. The Morgan fingerprint density at radius 1 is 1.00 bits per heavy atom. The first-order valence-electron chi connectivity index (χ1n) is 8.37. The lowest BCUT2D eigenvalue weighted by Crippen LogP contribution is -2.33. The average molecular weight is 390 g/mol. The van der Waals surface area contributed by atoms with Gasteiger partial charge in [-0.2, -0.15) is 0 Å². The molecule has 0 aliphatic rings. The number of amides is 1. The summed E-state index contributed by atoms with van der Waals surface area (Å²) in [5.74, 6) is -0.970. The molecule has 2 rings (SSSR count). The monoisotopic (exact) mass is 390 g/mol. The summed E-state index contributed by atoms with van der Waals surface area (Å²) in [6, 6.07) is 10.9. The molecule has 144 valence electrons. The lowest BCUT2D eigenvalue weighted by atomic mass is 10.1. The Hall–Kier alpha value is -2.71. The van der Waals surface area contributed by atoms with Crippen molar-refractivity contribution in [2.24, 2.45) is 0 Å². The molecule has 0 aliphatic carbocycles. The van der Waals surface area contributed by atoms with Crippen molar-refractivity contribution >= 4 is 27.6 Å². The predicted octanol–water partition coefficient (Wildman–Crippen LogP) is 2.40. The Balaban J connectivity index is 1.95. The number of rotatable bonds is 7. The van der Waals surface area contributed by atoms with E-state index >= 15 is 0 Å². The number of ether oxygens (including phenoxy) is 1. The first-order valence-corrected chi connectivity index (χ1v) is 9.85. The van der Waals surface area contributed by atoms with Gasteiger partial charge in [-0.25, -0.2) is 17.9 Å². The maximum Gasteiger partial charge on any atom is 0.338 e. The van der Waals surface area contributed by atoms with Crippen LogP contribution < -0.4 is 10.0 Å². The van der Waals surface area contributed by atoms with Gasteiger partial charge in [0.15, 0.2) is 0 Å². The van der Waals surface area contributed by atoms with E-state index in [0.29, 0.717) is 11.3 Å². The third kappa shape index (κ3) is 5.63. The van der Waals surface area contributed by atoms with Gasteiger partial charge in [0, 0.05) is 5.69 Å². The quantitative estimate of drug-likeness (QED) is 0.707. The first kappa shape index (κ1) is 20.6. The zero-order chi connectivity index (χ0) is 20.0. The van der Waals surface area contributed by atoms with Crippen LogP contribution in [0.5, 0.6) is 0 Å². The molecular weight excluding hydrogens is 368 g/mol. The molecule has 8 heteroatoms. The van der Waals surface area contributed by atoms with Crippen LogP contribution in [0, 0.1) is 13.8 Å². The van der Waals surface area contributed by atoms with E-state index in [2.05, 4.69) is 10.0 Å². The number of anilines is 1. The minimum atomic E-state index is -3.78. The lowest BCUT2D eigenvalue weighted by molar-refractivity contribution is -0.115. The number of esters is 1. The molecule has 0 heterocycles. The fourth-order valence-corrected chi connectivity index (χ4v) is 3.30. The normalized spacial score (nSPS) is 11.1. The molecule has 0 bridgehead atoms. The molecule has 0 aromatic heterocycles. The molecule has 0 saturated carbocycles. The van der Waals surface area contributed by atoms with Gasteiger partial charge in [-0.1, -0.05) is 6.07 Å². The number of hydrogen-bond donors (Lipinski definition) is 2. The van der Waals surface area contributed by atoms with Crippen molar-refractivity contribution in [1.82, 2.24) is 4.72 Å². The van der Waals surface area contributed by atoms with Crippen molar-refractivity contribution in [3.8, 4) is 0 Å². The van der Waals surface area contributed by atoms with Crippen molar-refractivity contribution in [3.63, 3.8) is 0 Å². The Bertz CT molecular complexity index is 937. The average Bonchev–Trinajstić information content (AvgIpc) is 2.63. The molecular formula is C19H22N2O5S. The second-order valence-corrected chi connectivity index (χ2v) is 7.68. The van der Waals surface area contributed by atoms with Crippen LogP contribution in [0.4, 0.5) is 5.69 Å². The second-order valence-electron chi connectivity index (χ2n) is 5.92. The first-order chi connectivity index (χ1) is 12.7. The molecule has 2 N–H and O–H groups in total. The van der Waals surface area contributed by atoms with Gasteiger partial charge in [0.2, 0.25) is 15.9 Å². The summed E-state index contributed by atoms with van der Waals surface area (Å²) in [5, 5.41) is 2.57. The van der Waals surface area contributed by atoms with Crippen molar-refractivity contribution in [2.75, 3.05) is 18.5 Å². The molecule has 0 unspecified atom stereocenters. The Kier molecular flexibility index (Phi) is 6.70. The molecule has 1 amide bonds. The van der Waals surface area contributed by atoms with Crippen LogP contribution in [-0.2, 0) is 19.6 Å². The van der Waals surface area contributed by atoms with Gasteiger partial charge in [-0.05, 0) is 68.3 Å². The highest BCUT2D eigenvalue weighted by molar-refractivity contribution is 7.89. The summed E-state index contributed by atoms with van der Waals surface area (Å²) in [6.07, 6.45) is 0. The topological polar surface area (TPSA) is 102 Å². The molecule has 0 fully saturated rings. The van der Waals surface area contributed by atoms with E-state index in [4.69, 9.17) is 4.74 Å². The van der Waals surface area contributed by atoms with Crippen LogP contribution >= 0.6 is 0 Å². The number of benzene rings is 2. The lowest BCUT2D eigenvalue weighted by Gasteiger charge is -2.10. The summed E-state index contributed by atoms with van der Waals surface area (Å²) in [5.41, 5.74) is 2.64. The Morgan fingerprint density at radius 2 is 1.67 bits per heavy atom. The van der Waals surface area contributed by atoms with Crippen molar-refractivity contribution < 1.29 is 22.7 Å². The van der Waals surface area contributed by atoms with E-state index in [1.54, 1.807) is 31.2 Å². The molecule has 0 spiro atoms. The van der Waals surface area contributed by atoms with Gasteiger partial charge in [0.1, 0.15) is 0 Å². The predicted molar refractivity (Wildman–Crippen MR) is 102 cm³/mol. The number of carbonyl (C=O) groups excluding carboxylic acids is 2. The smallest absolute Gasteiger partial charge is 0.338 e. The number of sulfonamides is 1. The van der Waals surface area contributed by atoms with Crippen LogP contribution in [0.3, 0.4) is 0 Å². The van der Waals surface area contributed by atoms with Crippen LogP contribution in [0.15, 0.2) is 47.4 Å². The summed E-state index contributed by atoms with van der Waals surface area (Å²) in [7, 11) is -3.78. The molecule has 2 aromatic carbocycles. The van der Waals surface area contributed by atoms with E-state index in [1.165, 1.54) is 18.2 Å². The van der Waals surface area contributed by atoms with Crippen LogP contribution in [0.2, 0.25) is 0 Å². The summed E-state index contributed by atoms with van der Waals surface area (Å²) in [6.45, 7) is 5.29. The van der Waals surface area contributed by atoms with Crippen LogP contribution in [-0.4, -0.2) is 33.4 Å². The van der Waals surface area contributed by atoms with Gasteiger partial charge < -0.3 is 10.1 Å². The molecule has 27 heavy (non-hydrogen) atoms. The Morgan fingerprint density at radius 3 is 2.26 bits per heavy atom. The van der Waals surface area contributed by atoms with E-state index < -0.39 is 28.4 Å². The molecule has 7 nitrogen and oxygen atoms in total. The number of carbonyl (C=O) groups is 2. The highest BCUT2D eigenvalue weighted by Crippen LogP contribution is 2.14. The minimum absolute atomic E-state index is 0.109. The van der Waals surface area contributed by atoms with Gasteiger partial charge in [0.05, 0.1) is 23.6 Å². The van der Waals surface area contributed by atoms with E-state index in [9.17, 15) is 18.0 Å². The minimum Gasteiger partial charge on any atom is -0.462 e. The van der Waals surface area contributed by atoms with Gasteiger partial charge in [0.25, 0.3) is 0 Å². The molecule has 0 atom stereocenters. The standard InChI is InChI=1S/C19H22N2O5S/c1-4-26-19(23)15-6-8-16(9-7-15)21-18(22)12-20-27(24,25)17-10-5-13(2)14(3)11-17/h5-11,20H,4,12H2,1-3H3,(H,21,22). The molecule has 0 aliphatic heterocycles. The fourth-order valence-electron chi connectivity index (χ4n) is 2.23. The highest BCUT2D eigenvalue weighted by Gasteiger charge is 2.16. The number of aryl methyl sites for hydroxylation is 2. The molecule has 0 radical (unpaired) electrons. The SMILES string of the molecule is CCOC(=O)c1ccc(NC(=O)CNS(=O)(=O)c2ccc(C)c(C)c2)cc1. The second kappa shape index (κ2) is 8.79. The largest absolute Gasteiger partial charge is 0.462 e. The Labute approximate surface area is 158 Å². The maximum absolute atomic E-state index is 12.3. The third-order valence-corrected chi connectivity index (χ3v) is 5.29. The van der Waals surface area contributed by atoms with Gasteiger partial charge in [-0.15, -0.1) is 0 Å². The fraction of sp³-hybridized carbons (Fsp3) is 0.263. The van der Waals surface area contributed by atoms with E-state index in [-0.39, 0.29) is 11.5 Å². The molecule has 0 saturated heterocycles. The zero-order valence-corrected chi connectivity index (χ0v) is 16.2. The van der Waals surface area contributed by atoms with Crippen molar-refractivity contribution in [3.05, 3.63) is 59.2 Å². The highest BCUT2D eigenvalue weighted by atomic mass is 32.2. The molecule has 2 aromatic rings. The zero-order valence-electron chi connectivity index (χ0n) is 15.4. The number of hydrogen-bond acceptors (Lipinski definition) is 5. The third-order valence-electron chi connectivity index (χ3n) is 3.89. The van der Waals surface area contributed by atoms with Crippen molar-refractivity contribution in [2.45, 2.75) is 25.7 Å². The number of nitrogens with one attached hydrogen (secondary N) is 2.